The van der Waals surface area contributed by atoms with Crippen molar-refractivity contribution in [2.75, 3.05) is 0 Å². The molecule has 1 unspecified atom stereocenters. The van der Waals surface area contributed by atoms with E-state index in [9.17, 15) is 22.4 Å². The molecule has 0 saturated heterocycles. The van der Waals surface area contributed by atoms with Gasteiger partial charge in [0.15, 0.2) is 0 Å². The summed E-state index contributed by atoms with van der Waals surface area (Å²) in [6, 6.07) is 1.61. The number of halogens is 4. The molecule has 100 valence electrons. The van der Waals surface area contributed by atoms with E-state index < -0.39 is 29.5 Å². The van der Waals surface area contributed by atoms with Crippen LogP contribution in [-0.2, 0) is 17.5 Å². The second-order valence-corrected chi connectivity index (χ2v) is 3.80. The predicted molar refractivity (Wildman–Crippen MR) is 56.9 cm³/mol. The van der Waals surface area contributed by atoms with Crippen molar-refractivity contribution >= 4 is 5.91 Å². The number of hydrogen-bond donors (Lipinski definition) is 2. The number of carbonyl (C=O) groups excluding carboxylic acids is 1. The molecular formula is C11H12F4N2O. The zero-order valence-corrected chi connectivity index (χ0v) is 9.51. The zero-order valence-electron chi connectivity index (χ0n) is 9.51. The highest BCUT2D eigenvalue weighted by atomic mass is 19.4. The highest BCUT2D eigenvalue weighted by Crippen LogP contribution is 2.32. The minimum absolute atomic E-state index is 0.142. The fourth-order valence-electron chi connectivity index (χ4n) is 1.33. The van der Waals surface area contributed by atoms with E-state index >= 15 is 0 Å². The molecule has 1 aromatic carbocycles. The first-order valence-corrected chi connectivity index (χ1v) is 5.10. The van der Waals surface area contributed by atoms with Crippen LogP contribution in [0, 0.1) is 5.82 Å². The summed E-state index contributed by atoms with van der Waals surface area (Å²) in [4.78, 5) is 10.7. The van der Waals surface area contributed by atoms with E-state index in [2.05, 4.69) is 5.32 Å². The van der Waals surface area contributed by atoms with Crippen LogP contribution >= 0.6 is 0 Å². The standard InChI is InChI=1S/C11H12F4N2O/c1-6(10(16)18)17-5-7-2-3-8(12)4-9(7)11(13,14)15/h2-4,6,17H,5H2,1H3,(H2,16,18). The van der Waals surface area contributed by atoms with Gasteiger partial charge in [0.1, 0.15) is 5.82 Å². The van der Waals surface area contributed by atoms with Crippen LogP contribution in [0.25, 0.3) is 0 Å². The molecule has 0 radical (unpaired) electrons. The van der Waals surface area contributed by atoms with E-state index in [1.807, 2.05) is 0 Å². The summed E-state index contributed by atoms with van der Waals surface area (Å²) in [5, 5.41) is 2.53. The van der Waals surface area contributed by atoms with Gasteiger partial charge in [-0.25, -0.2) is 4.39 Å². The first kappa shape index (κ1) is 14.4. The van der Waals surface area contributed by atoms with Gasteiger partial charge in [-0.05, 0) is 24.6 Å². The second-order valence-electron chi connectivity index (χ2n) is 3.80. The fourth-order valence-corrected chi connectivity index (χ4v) is 1.33. The molecule has 0 aromatic heterocycles. The number of rotatable bonds is 4. The Hall–Kier alpha value is -1.63. The molecular weight excluding hydrogens is 252 g/mol. The van der Waals surface area contributed by atoms with E-state index in [1.165, 1.54) is 6.92 Å². The molecule has 0 bridgehead atoms. The highest BCUT2D eigenvalue weighted by molar-refractivity contribution is 5.79. The molecule has 3 N–H and O–H groups in total. The molecule has 0 spiro atoms. The van der Waals surface area contributed by atoms with Crippen LogP contribution in [0.4, 0.5) is 17.6 Å². The first-order chi connectivity index (χ1) is 8.21. The zero-order chi connectivity index (χ0) is 13.9. The van der Waals surface area contributed by atoms with E-state index in [0.717, 1.165) is 12.1 Å². The molecule has 7 heteroatoms. The van der Waals surface area contributed by atoms with Crippen LogP contribution in [0.3, 0.4) is 0 Å². The predicted octanol–water partition coefficient (Wildman–Crippen LogP) is 1.81. The number of alkyl halides is 3. The maximum atomic E-state index is 12.8. The van der Waals surface area contributed by atoms with Gasteiger partial charge in [0.05, 0.1) is 11.6 Å². The smallest absolute Gasteiger partial charge is 0.368 e. The quantitative estimate of drug-likeness (QED) is 0.815. The summed E-state index contributed by atoms with van der Waals surface area (Å²) in [5.41, 5.74) is 3.76. The second kappa shape index (κ2) is 5.34. The summed E-state index contributed by atoms with van der Waals surface area (Å²) in [5.74, 6) is -1.64. The van der Waals surface area contributed by atoms with Gasteiger partial charge in [0.25, 0.3) is 0 Å². The molecule has 1 rings (SSSR count). The average molecular weight is 264 g/mol. The molecule has 1 amide bonds. The Labute approximate surface area is 101 Å². The lowest BCUT2D eigenvalue weighted by Gasteiger charge is -2.15. The summed E-state index contributed by atoms with van der Waals surface area (Å²) >= 11 is 0. The van der Waals surface area contributed by atoms with Crippen LogP contribution in [-0.4, -0.2) is 11.9 Å². The lowest BCUT2D eigenvalue weighted by Crippen LogP contribution is -2.38. The number of nitrogens with two attached hydrogens (primary N) is 1. The number of amides is 1. The number of carbonyl (C=O) groups is 1. The van der Waals surface area contributed by atoms with E-state index in [1.54, 1.807) is 0 Å². The molecule has 1 atom stereocenters. The molecule has 3 nitrogen and oxygen atoms in total. The molecule has 18 heavy (non-hydrogen) atoms. The summed E-state index contributed by atoms with van der Waals surface area (Å²) in [6.07, 6.45) is -4.64. The number of primary amides is 1. The van der Waals surface area contributed by atoms with Crippen molar-refractivity contribution in [1.29, 1.82) is 0 Å². The third-order valence-electron chi connectivity index (χ3n) is 2.40. The Morgan fingerprint density at radius 1 is 1.44 bits per heavy atom. The molecule has 0 saturated carbocycles. The van der Waals surface area contributed by atoms with Crippen LogP contribution in [0.15, 0.2) is 18.2 Å². The average Bonchev–Trinajstić information content (AvgIpc) is 2.25. The Morgan fingerprint density at radius 2 is 2.06 bits per heavy atom. The van der Waals surface area contributed by atoms with Crippen molar-refractivity contribution in [1.82, 2.24) is 5.32 Å². The SMILES string of the molecule is CC(NCc1ccc(F)cc1C(F)(F)F)C(N)=O. The number of nitrogens with one attached hydrogen (secondary N) is 1. The van der Waals surface area contributed by atoms with Gasteiger partial charge < -0.3 is 11.1 Å². The van der Waals surface area contributed by atoms with Crippen molar-refractivity contribution in [3.8, 4) is 0 Å². The van der Waals surface area contributed by atoms with Gasteiger partial charge in [0.2, 0.25) is 5.91 Å². The van der Waals surface area contributed by atoms with Gasteiger partial charge in [-0.1, -0.05) is 6.07 Å². The minimum atomic E-state index is -4.64. The third kappa shape index (κ3) is 3.69. The van der Waals surface area contributed by atoms with Crippen molar-refractivity contribution in [2.45, 2.75) is 25.7 Å². The first-order valence-electron chi connectivity index (χ1n) is 5.10. The van der Waals surface area contributed by atoms with Gasteiger partial charge in [0, 0.05) is 6.54 Å². The van der Waals surface area contributed by atoms with Gasteiger partial charge >= 0.3 is 6.18 Å². The third-order valence-corrected chi connectivity index (χ3v) is 2.40. The van der Waals surface area contributed by atoms with Crippen LogP contribution in [0.2, 0.25) is 0 Å². The largest absolute Gasteiger partial charge is 0.416 e. The van der Waals surface area contributed by atoms with Crippen LogP contribution in [0.5, 0.6) is 0 Å². The Bertz CT molecular complexity index is 445. The highest BCUT2D eigenvalue weighted by Gasteiger charge is 2.33. The van der Waals surface area contributed by atoms with Gasteiger partial charge in [-0.2, -0.15) is 13.2 Å². The van der Waals surface area contributed by atoms with Gasteiger partial charge in [-0.3, -0.25) is 4.79 Å². The van der Waals surface area contributed by atoms with Crippen LogP contribution < -0.4 is 11.1 Å². The van der Waals surface area contributed by atoms with Crippen molar-refractivity contribution in [2.24, 2.45) is 5.73 Å². The van der Waals surface area contributed by atoms with Crippen molar-refractivity contribution in [3.05, 3.63) is 35.1 Å². The van der Waals surface area contributed by atoms with Crippen molar-refractivity contribution in [3.63, 3.8) is 0 Å². The summed E-state index contributed by atoms with van der Waals surface area (Å²) in [6.45, 7) is 1.21. The maximum absolute atomic E-state index is 12.8. The minimum Gasteiger partial charge on any atom is -0.368 e. The number of benzene rings is 1. The Morgan fingerprint density at radius 3 is 2.56 bits per heavy atom. The van der Waals surface area contributed by atoms with E-state index in [0.29, 0.717) is 6.07 Å². The van der Waals surface area contributed by atoms with Crippen LogP contribution in [0.1, 0.15) is 18.1 Å². The molecule has 0 aliphatic heterocycles. The number of hydrogen-bond acceptors (Lipinski definition) is 2. The van der Waals surface area contributed by atoms with E-state index in [4.69, 9.17) is 5.73 Å². The van der Waals surface area contributed by atoms with Gasteiger partial charge in [-0.15, -0.1) is 0 Å². The maximum Gasteiger partial charge on any atom is 0.416 e. The molecule has 0 aliphatic rings. The fraction of sp³-hybridized carbons (Fsp3) is 0.364. The summed E-state index contributed by atoms with van der Waals surface area (Å²) < 4.78 is 50.7. The molecule has 0 fully saturated rings. The monoisotopic (exact) mass is 264 g/mol. The topological polar surface area (TPSA) is 55.1 Å². The summed E-state index contributed by atoms with van der Waals surface area (Å²) in [7, 11) is 0. The molecule has 1 aromatic rings. The lowest BCUT2D eigenvalue weighted by atomic mass is 10.1. The Balaban J connectivity index is 2.92. The lowest BCUT2D eigenvalue weighted by molar-refractivity contribution is -0.138. The normalized spacial score (nSPS) is 13.4. The molecule has 0 aliphatic carbocycles. The van der Waals surface area contributed by atoms with Crippen molar-refractivity contribution < 1.29 is 22.4 Å². The molecule has 0 heterocycles. The van der Waals surface area contributed by atoms with E-state index in [-0.39, 0.29) is 12.1 Å². The Kier molecular flexibility index (Phi) is 4.28.